The Kier molecular flexibility index (Phi) is 2.63. The predicted octanol–water partition coefficient (Wildman–Crippen LogP) is 2.50. The summed E-state index contributed by atoms with van der Waals surface area (Å²) in [5.74, 6) is -0.105. The predicted molar refractivity (Wildman–Crippen MR) is 72.8 cm³/mol. The number of fused-ring (bicyclic) bond motifs is 3. The monoisotopic (exact) mass is 305 g/mol. The van der Waals surface area contributed by atoms with Crippen LogP contribution in [0.4, 0.5) is 5.69 Å². The fraction of sp³-hybridized carbons (Fsp3) is 0.286. The molecule has 92 valence electrons. The van der Waals surface area contributed by atoms with Gasteiger partial charge in [-0.05, 0) is 40.4 Å². The van der Waals surface area contributed by atoms with E-state index in [9.17, 15) is 9.59 Å². The maximum atomic E-state index is 12.2. The first-order chi connectivity index (χ1) is 8.58. The van der Waals surface area contributed by atoms with Crippen LogP contribution in [0.3, 0.4) is 0 Å². The third-order valence-corrected chi connectivity index (χ3v) is 4.23. The molecule has 2 heterocycles. The smallest absolute Gasteiger partial charge is 0.252 e. The minimum Gasteiger partial charge on any atom is -0.304 e. The quantitative estimate of drug-likeness (QED) is 0.738. The molecular weight excluding hydrogens is 294 g/mol. The third kappa shape index (κ3) is 1.63. The molecule has 1 aromatic carbocycles. The highest BCUT2D eigenvalue weighted by Gasteiger charge is 2.37. The Balaban J connectivity index is 2.13. The summed E-state index contributed by atoms with van der Waals surface area (Å²) < 4.78 is 0.386. The van der Waals surface area contributed by atoms with Crippen LogP contribution in [-0.4, -0.2) is 17.7 Å². The van der Waals surface area contributed by atoms with Gasteiger partial charge < -0.3 is 4.90 Å². The Bertz CT molecular complexity index is 591. The summed E-state index contributed by atoms with van der Waals surface area (Å²) in [5.41, 5.74) is 3.23. The van der Waals surface area contributed by atoms with Crippen molar-refractivity contribution in [2.75, 3.05) is 4.90 Å². The first-order valence-electron chi connectivity index (χ1n) is 5.90. The molecule has 0 fully saturated rings. The SMILES string of the molecule is Cc1cccc2c1N1C(=O)C=C(Br)C(=O)CC1C2. The van der Waals surface area contributed by atoms with Gasteiger partial charge in [0.2, 0.25) is 0 Å². The Morgan fingerprint density at radius 2 is 2.06 bits per heavy atom. The molecular formula is C14H12BrNO2. The molecule has 0 saturated heterocycles. The van der Waals surface area contributed by atoms with Gasteiger partial charge >= 0.3 is 0 Å². The van der Waals surface area contributed by atoms with Gasteiger partial charge in [-0.25, -0.2) is 0 Å². The number of amides is 1. The fourth-order valence-corrected chi connectivity index (χ4v) is 3.14. The number of para-hydroxylation sites is 1. The van der Waals surface area contributed by atoms with Crippen LogP contribution in [0.25, 0.3) is 0 Å². The summed E-state index contributed by atoms with van der Waals surface area (Å²) >= 11 is 3.17. The van der Waals surface area contributed by atoms with Gasteiger partial charge in [-0.1, -0.05) is 18.2 Å². The third-order valence-electron chi connectivity index (χ3n) is 3.56. The molecule has 0 aromatic heterocycles. The van der Waals surface area contributed by atoms with Crippen LogP contribution >= 0.6 is 15.9 Å². The zero-order valence-electron chi connectivity index (χ0n) is 9.94. The van der Waals surface area contributed by atoms with E-state index in [1.165, 1.54) is 6.08 Å². The second-order valence-electron chi connectivity index (χ2n) is 4.77. The number of carbonyl (C=O) groups is 2. The molecule has 2 aliphatic heterocycles. The van der Waals surface area contributed by atoms with E-state index in [-0.39, 0.29) is 17.7 Å². The number of ketones is 1. The molecule has 3 rings (SSSR count). The number of allylic oxidation sites excluding steroid dienone is 1. The number of aryl methyl sites for hydroxylation is 1. The molecule has 1 unspecified atom stereocenters. The number of hydrogen-bond acceptors (Lipinski definition) is 2. The summed E-state index contributed by atoms with van der Waals surface area (Å²) in [4.78, 5) is 25.9. The molecule has 2 aliphatic rings. The number of rotatable bonds is 0. The molecule has 0 aliphatic carbocycles. The fourth-order valence-electron chi connectivity index (χ4n) is 2.78. The molecule has 0 N–H and O–H groups in total. The number of benzene rings is 1. The van der Waals surface area contributed by atoms with Crippen LogP contribution in [0, 0.1) is 6.92 Å². The second kappa shape index (κ2) is 4.05. The van der Waals surface area contributed by atoms with Gasteiger partial charge in [-0.2, -0.15) is 0 Å². The number of Topliss-reactive ketones (excluding diaryl/α,β-unsaturated/α-hetero) is 1. The van der Waals surface area contributed by atoms with E-state index < -0.39 is 0 Å². The Morgan fingerprint density at radius 1 is 1.28 bits per heavy atom. The lowest BCUT2D eigenvalue weighted by Gasteiger charge is -2.23. The highest BCUT2D eigenvalue weighted by atomic mass is 79.9. The molecule has 1 amide bonds. The molecule has 3 nitrogen and oxygen atoms in total. The van der Waals surface area contributed by atoms with E-state index in [4.69, 9.17) is 0 Å². The summed E-state index contributed by atoms with van der Waals surface area (Å²) in [7, 11) is 0. The van der Waals surface area contributed by atoms with Crippen molar-refractivity contribution in [1.82, 2.24) is 0 Å². The number of halogens is 1. The second-order valence-corrected chi connectivity index (χ2v) is 5.62. The summed E-state index contributed by atoms with van der Waals surface area (Å²) in [6.45, 7) is 2.00. The zero-order chi connectivity index (χ0) is 12.9. The minimum atomic E-state index is -0.106. The van der Waals surface area contributed by atoms with Gasteiger partial charge in [0, 0.05) is 18.5 Å². The molecule has 1 aromatic rings. The molecule has 18 heavy (non-hydrogen) atoms. The maximum absolute atomic E-state index is 12.2. The van der Waals surface area contributed by atoms with Crippen LogP contribution in [0.2, 0.25) is 0 Å². The highest BCUT2D eigenvalue weighted by molar-refractivity contribution is 9.12. The first kappa shape index (κ1) is 11.7. The van der Waals surface area contributed by atoms with Crippen molar-refractivity contribution in [3.8, 4) is 0 Å². The van der Waals surface area contributed by atoms with Crippen molar-refractivity contribution >= 4 is 33.3 Å². The van der Waals surface area contributed by atoms with E-state index in [0.29, 0.717) is 10.9 Å². The van der Waals surface area contributed by atoms with Crippen LogP contribution in [-0.2, 0) is 16.0 Å². The van der Waals surface area contributed by atoms with Crippen LogP contribution in [0.1, 0.15) is 17.5 Å². The average Bonchev–Trinajstić information content (AvgIpc) is 2.63. The van der Waals surface area contributed by atoms with Gasteiger partial charge in [0.1, 0.15) is 0 Å². The normalized spacial score (nSPS) is 22.4. The van der Waals surface area contributed by atoms with Crippen molar-refractivity contribution in [1.29, 1.82) is 0 Å². The summed E-state index contributed by atoms with van der Waals surface area (Å²) in [5, 5.41) is 0. The Labute approximate surface area is 114 Å². The standard InChI is InChI=1S/C14H12BrNO2/c1-8-3-2-4-9-5-10-6-12(17)11(15)7-13(18)16(10)14(8)9/h2-4,7,10H,5-6H2,1H3. The van der Waals surface area contributed by atoms with Crippen molar-refractivity contribution in [2.24, 2.45) is 0 Å². The van der Waals surface area contributed by atoms with Crippen molar-refractivity contribution in [3.05, 3.63) is 39.9 Å². The van der Waals surface area contributed by atoms with Gasteiger partial charge in [-0.15, -0.1) is 0 Å². The van der Waals surface area contributed by atoms with E-state index in [0.717, 1.165) is 23.2 Å². The lowest BCUT2D eigenvalue weighted by atomic mass is 10.0. The topological polar surface area (TPSA) is 37.4 Å². The number of nitrogens with zero attached hydrogens (tertiary/aromatic N) is 1. The maximum Gasteiger partial charge on any atom is 0.252 e. The van der Waals surface area contributed by atoms with Gasteiger partial charge in [0.25, 0.3) is 5.91 Å². The van der Waals surface area contributed by atoms with Crippen LogP contribution < -0.4 is 4.90 Å². The Hall–Kier alpha value is -1.42. The molecule has 0 saturated carbocycles. The van der Waals surface area contributed by atoms with Gasteiger partial charge in [-0.3, -0.25) is 9.59 Å². The number of hydrogen-bond donors (Lipinski definition) is 0. The zero-order valence-corrected chi connectivity index (χ0v) is 11.5. The van der Waals surface area contributed by atoms with E-state index in [1.54, 1.807) is 4.90 Å². The van der Waals surface area contributed by atoms with Crippen LogP contribution in [0.15, 0.2) is 28.8 Å². The molecule has 4 heteroatoms. The largest absolute Gasteiger partial charge is 0.304 e. The molecule has 0 radical (unpaired) electrons. The number of carbonyl (C=O) groups excluding carboxylic acids is 2. The molecule has 0 spiro atoms. The molecule has 0 bridgehead atoms. The van der Waals surface area contributed by atoms with Crippen molar-refractivity contribution in [3.63, 3.8) is 0 Å². The summed E-state index contributed by atoms with van der Waals surface area (Å²) in [6.07, 6.45) is 2.55. The lowest BCUT2D eigenvalue weighted by Crippen LogP contribution is -2.36. The summed E-state index contributed by atoms with van der Waals surface area (Å²) in [6, 6.07) is 6.00. The van der Waals surface area contributed by atoms with Crippen LogP contribution in [0.5, 0.6) is 0 Å². The van der Waals surface area contributed by atoms with Gasteiger partial charge in [0.15, 0.2) is 5.78 Å². The van der Waals surface area contributed by atoms with Crippen molar-refractivity contribution < 1.29 is 9.59 Å². The lowest BCUT2D eigenvalue weighted by molar-refractivity contribution is -0.115. The number of anilines is 1. The van der Waals surface area contributed by atoms with Gasteiger partial charge in [0.05, 0.1) is 10.2 Å². The highest BCUT2D eigenvalue weighted by Crippen LogP contribution is 2.38. The average molecular weight is 306 g/mol. The molecule has 1 atom stereocenters. The minimum absolute atomic E-state index is 0.00121. The first-order valence-corrected chi connectivity index (χ1v) is 6.69. The van der Waals surface area contributed by atoms with E-state index in [1.807, 2.05) is 25.1 Å². The Morgan fingerprint density at radius 3 is 2.83 bits per heavy atom. The van der Waals surface area contributed by atoms with Crippen molar-refractivity contribution in [2.45, 2.75) is 25.8 Å². The van der Waals surface area contributed by atoms with E-state index in [2.05, 4.69) is 15.9 Å². The van der Waals surface area contributed by atoms with E-state index >= 15 is 0 Å².